The van der Waals surface area contributed by atoms with E-state index in [9.17, 15) is 9.59 Å². The molecule has 0 atom stereocenters. The lowest BCUT2D eigenvalue weighted by atomic mass is 10.3. The molecule has 1 heterocycles. The lowest BCUT2D eigenvalue weighted by Gasteiger charge is -2.04. The molecule has 1 amide bonds. The molecule has 92 valence electrons. The van der Waals surface area contributed by atoms with Gasteiger partial charge in [-0.3, -0.25) is 4.79 Å². The van der Waals surface area contributed by atoms with E-state index in [1.54, 1.807) is 24.3 Å². The Hall–Kier alpha value is -2.27. The Morgan fingerprint density at radius 2 is 2.00 bits per heavy atom. The zero-order valence-corrected chi connectivity index (χ0v) is 9.77. The lowest BCUT2D eigenvalue weighted by molar-refractivity contribution is 0.0696. The van der Waals surface area contributed by atoms with Crippen molar-refractivity contribution in [3.05, 3.63) is 52.9 Å². The molecule has 0 aliphatic rings. The molecule has 0 spiro atoms. The van der Waals surface area contributed by atoms with Crippen molar-refractivity contribution < 1.29 is 19.1 Å². The van der Waals surface area contributed by atoms with Crippen LogP contribution in [0.1, 0.15) is 20.9 Å². The number of amides is 1. The summed E-state index contributed by atoms with van der Waals surface area (Å²) < 4.78 is 4.86. The molecule has 6 heteroatoms. The van der Waals surface area contributed by atoms with E-state index in [0.29, 0.717) is 10.7 Å². The Labute approximate surface area is 107 Å². The Morgan fingerprint density at radius 1 is 1.28 bits per heavy atom. The standard InChI is InChI=1S/C12H8ClNO4/c13-8-3-1-2-4-9(8)14-11(15)10-5-7(6-18-10)12(16)17/h1-6H,(H,14,15)(H,16,17). The topological polar surface area (TPSA) is 79.5 Å². The summed E-state index contributed by atoms with van der Waals surface area (Å²) in [6.07, 6.45) is 1.00. The minimum atomic E-state index is -1.16. The highest BCUT2D eigenvalue weighted by atomic mass is 35.5. The molecule has 0 fully saturated rings. The third-order valence-electron chi connectivity index (χ3n) is 2.19. The largest absolute Gasteiger partial charge is 0.478 e. The molecule has 0 radical (unpaired) electrons. The molecule has 2 rings (SSSR count). The first-order valence-corrected chi connectivity index (χ1v) is 5.33. The van der Waals surface area contributed by atoms with Crippen LogP contribution < -0.4 is 5.32 Å². The number of hydrogen-bond acceptors (Lipinski definition) is 3. The van der Waals surface area contributed by atoms with Gasteiger partial charge in [-0.05, 0) is 12.1 Å². The van der Waals surface area contributed by atoms with Crippen LogP contribution in [0.5, 0.6) is 0 Å². The summed E-state index contributed by atoms with van der Waals surface area (Å²) in [6, 6.07) is 7.84. The van der Waals surface area contributed by atoms with Crippen molar-refractivity contribution in [1.82, 2.24) is 0 Å². The van der Waals surface area contributed by atoms with Crippen molar-refractivity contribution in [2.24, 2.45) is 0 Å². The van der Waals surface area contributed by atoms with Crippen molar-refractivity contribution in [1.29, 1.82) is 0 Å². The normalized spacial score (nSPS) is 10.1. The third-order valence-corrected chi connectivity index (χ3v) is 2.52. The highest BCUT2D eigenvalue weighted by Gasteiger charge is 2.15. The second-order valence-electron chi connectivity index (χ2n) is 3.44. The molecule has 0 aliphatic heterocycles. The van der Waals surface area contributed by atoms with Gasteiger partial charge in [0.05, 0.1) is 16.3 Å². The maximum atomic E-state index is 11.7. The van der Waals surface area contributed by atoms with Crippen LogP contribution >= 0.6 is 11.6 Å². The number of carboxylic acid groups (broad SMARTS) is 1. The van der Waals surface area contributed by atoms with E-state index in [0.717, 1.165) is 12.3 Å². The van der Waals surface area contributed by atoms with Gasteiger partial charge in [0.15, 0.2) is 5.76 Å². The van der Waals surface area contributed by atoms with Gasteiger partial charge in [-0.1, -0.05) is 23.7 Å². The highest BCUT2D eigenvalue weighted by Crippen LogP contribution is 2.21. The minimum absolute atomic E-state index is 0.0840. The molecular formula is C12H8ClNO4. The zero-order valence-electron chi connectivity index (χ0n) is 9.01. The summed E-state index contributed by atoms with van der Waals surface area (Å²) >= 11 is 5.87. The fourth-order valence-electron chi connectivity index (χ4n) is 1.31. The molecule has 0 saturated heterocycles. The lowest BCUT2D eigenvalue weighted by Crippen LogP contribution is -2.11. The second kappa shape index (κ2) is 4.93. The number of halogens is 1. The van der Waals surface area contributed by atoms with E-state index in [2.05, 4.69) is 5.32 Å². The fraction of sp³-hybridized carbons (Fsp3) is 0. The van der Waals surface area contributed by atoms with Gasteiger partial charge in [-0.2, -0.15) is 0 Å². The van der Waals surface area contributed by atoms with Crippen LogP contribution in [0.2, 0.25) is 5.02 Å². The quantitative estimate of drug-likeness (QED) is 0.894. The number of nitrogens with one attached hydrogen (secondary N) is 1. The maximum Gasteiger partial charge on any atom is 0.338 e. The van der Waals surface area contributed by atoms with Crippen molar-refractivity contribution >= 4 is 29.2 Å². The third kappa shape index (κ3) is 2.52. The second-order valence-corrected chi connectivity index (χ2v) is 3.85. The molecule has 18 heavy (non-hydrogen) atoms. The van der Waals surface area contributed by atoms with Crippen molar-refractivity contribution in [3.8, 4) is 0 Å². The van der Waals surface area contributed by atoms with Crippen molar-refractivity contribution in [2.45, 2.75) is 0 Å². The maximum absolute atomic E-state index is 11.7. The first kappa shape index (κ1) is 12.2. The molecule has 5 nitrogen and oxygen atoms in total. The number of carboxylic acids is 1. The van der Waals surface area contributed by atoms with E-state index in [4.69, 9.17) is 21.1 Å². The Balaban J connectivity index is 2.17. The van der Waals surface area contributed by atoms with Crippen molar-refractivity contribution in [2.75, 3.05) is 5.32 Å². The molecule has 0 aliphatic carbocycles. The van der Waals surface area contributed by atoms with Gasteiger partial charge < -0.3 is 14.8 Å². The number of hydrogen-bond donors (Lipinski definition) is 2. The van der Waals surface area contributed by atoms with Crippen molar-refractivity contribution in [3.63, 3.8) is 0 Å². The summed E-state index contributed by atoms with van der Waals surface area (Å²) in [5, 5.41) is 11.6. The minimum Gasteiger partial charge on any atom is -0.478 e. The first-order valence-electron chi connectivity index (χ1n) is 4.95. The van der Waals surface area contributed by atoms with Crippen LogP contribution in [-0.4, -0.2) is 17.0 Å². The number of aromatic carboxylic acids is 1. The molecule has 1 aromatic carbocycles. The van der Waals surface area contributed by atoms with Gasteiger partial charge in [-0.25, -0.2) is 4.79 Å². The average molecular weight is 266 g/mol. The Bertz CT molecular complexity index is 606. The van der Waals surface area contributed by atoms with Crippen LogP contribution in [0.25, 0.3) is 0 Å². The predicted octanol–water partition coefficient (Wildman–Crippen LogP) is 2.88. The highest BCUT2D eigenvalue weighted by molar-refractivity contribution is 6.33. The number of carbonyl (C=O) groups excluding carboxylic acids is 1. The average Bonchev–Trinajstić information content (AvgIpc) is 2.81. The van der Waals surface area contributed by atoms with Gasteiger partial charge in [0, 0.05) is 6.07 Å². The van der Waals surface area contributed by atoms with E-state index in [-0.39, 0.29) is 11.3 Å². The summed E-state index contributed by atoms with van der Waals surface area (Å²) in [5.74, 6) is -1.81. The van der Waals surface area contributed by atoms with Crippen LogP contribution in [0.4, 0.5) is 5.69 Å². The number of anilines is 1. The monoisotopic (exact) mass is 265 g/mol. The molecule has 0 saturated carbocycles. The van der Waals surface area contributed by atoms with Gasteiger partial charge in [0.25, 0.3) is 5.91 Å². The molecule has 0 unspecified atom stereocenters. The molecular weight excluding hydrogens is 258 g/mol. The number of carbonyl (C=O) groups is 2. The SMILES string of the molecule is O=C(O)c1coc(C(=O)Nc2ccccc2Cl)c1. The molecule has 2 N–H and O–H groups in total. The zero-order chi connectivity index (χ0) is 13.1. The van der Waals surface area contributed by atoms with Gasteiger partial charge in [-0.15, -0.1) is 0 Å². The van der Waals surface area contributed by atoms with Crippen LogP contribution in [-0.2, 0) is 0 Å². The number of para-hydroxylation sites is 1. The van der Waals surface area contributed by atoms with Crippen LogP contribution in [0.15, 0.2) is 41.0 Å². The summed E-state index contributed by atoms with van der Waals surface area (Å²) in [5.41, 5.74) is 0.344. The molecule has 2 aromatic rings. The van der Waals surface area contributed by atoms with E-state index >= 15 is 0 Å². The predicted molar refractivity (Wildman–Crippen MR) is 65.1 cm³/mol. The smallest absolute Gasteiger partial charge is 0.338 e. The van der Waals surface area contributed by atoms with E-state index in [1.807, 2.05) is 0 Å². The Kier molecular flexibility index (Phi) is 3.34. The number of furan rings is 1. The summed E-state index contributed by atoms with van der Waals surface area (Å²) in [6.45, 7) is 0. The van der Waals surface area contributed by atoms with E-state index in [1.165, 1.54) is 0 Å². The fourth-order valence-corrected chi connectivity index (χ4v) is 1.50. The van der Waals surface area contributed by atoms with Gasteiger partial charge >= 0.3 is 5.97 Å². The van der Waals surface area contributed by atoms with Crippen LogP contribution in [0, 0.1) is 0 Å². The molecule has 0 bridgehead atoms. The van der Waals surface area contributed by atoms with Crippen LogP contribution in [0.3, 0.4) is 0 Å². The Morgan fingerprint density at radius 3 is 2.61 bits per heavy atom. The first-order chi connectivity index (χ1) is 8.58. The summed E-state index contributed by atoms with van der Waals surface area (Å²) in [7, 11) is 0. The van der Waals surface area contributed by atoms with Gasteiger partial charge in [0.2, 0.25) is 0 Å². The molecule has 1 aromatic heterocycles. The summed E-state index contributed by atoms with van der Waals surface area (Å²) in [4.78, 5) is 22.4. The number of rotatable bonds is 3. The van der Waals surface area contributed by atoms with E-state index < -0.39 is 11.9 Å². The number of benzene rings is 1. The van der Waals surface area contributed by atoms with Gasteiger partial charge in [0.1, 0.15) is 6.26 Å².